The lowest BCUT2D eigenvalue weighted by Crippen LogP contribution is -2.42. The van der Waals surface area contributed by atoms with Crippen LogP contribution in [-0.4, -0.2) is 47.7 Å². The molecular weight excluding hydrogens is 349 g/mol. The van der Waals surface area contributed by atoms with Gasteiger partial charge in [-0.1, -0.05) is 18.2 Å². The Morgan fingerprint density at radius 2 is 1.88 bits per heavy atom. The topological polar surface area (TPSA) is 62.5 Å². The van der Waals surface area contributed by atoms with E-state index in [0.29, 0.717) is 25.9 Å². The molecule has 1 aromatic carbocycles. The highest BCUT2D eigenvalue weighted by molar-refractivity contribution is 5.94. The maximum atomic E-state index is 12.5. The van der Waals surface area contributed by atoms with Gasteiger partial charge in [-0.25, -0.2) is 0 Å². The van der Waals surface area contributed by atoms with Crippen molar-refractivity contribution in [2.24, 2.45) is 0 Å². The van der Waals surface area contributed by atoms with Gasteiger partial charge in [0.15, 0.2) is 0 Å². The first-order valence-corrected chi connectivity index (χ1v) is 8.29. The molecule has 0 N–H and O–H groups in total. The van der Waals surface area contributed by atoms with E-state index >= 15 is 0 Å². The third-order valence-electron chi connectivity index (χ3n) is 4.50. The maximum absolute atomic E-state index is 12.5. The predicted octanol–water partition coefficient (Wildman–Crippen LogP) is 2.93. The van der Waals surface area contributed by atoms with Crippen molar-refractivity contribution in [2.45, 2.75) is 24.9 Å². The molecule has 0 saturated carbocycles. The summed E-state index contributed by atoms with van der Waals surface area (Å²) in [6, 6.07) is 9.33. The van der Waals surface area contributed by atoms with Gasteiger partial charge in [-0.05, 0) is 38.1 Å². The van der Waals surface area contributed by atoms with Crippen molar-refractivity contribution in [2.75, 3.05) is 31.6 Å². The fraction of sp³-hybridized carbons (Fsp3) is 0.471. The standard InChI is InChI=1S/C17H19F3N4O2/c1-23(13-5-3-2-4-6-13)14(25)11-24-9-7-12(8-10-24)15-21-22-16(26-15)17(18,19)20/h2-6,12H,7-11H2,1H3. The molecule has 0 atom stereocenters. The highest BCUT2D eigenvalue weighted by Crippen LogP contribution is 2.32. The number of para-hydroxylation sites is 1. The first-order chi connectivity index (χ1) is 12.3. The van der Waals surface area contributed by atoms with Crippen LogP contribution in [0.1, 0.15) is 30.5 Å². The normalized spacial score (nSPS) is 16.6. The number of carbonyl (C=O) groups is 1. The molecule has 0 aliphatic carbocycles. The quantitative estimate of drug-likeness (QED) is 0.830. The molecule has 9 heteroatoms. The van der Waals surface area contributed by atoms with E-state index in [-0.39, 0.29) is 24.3 Å². The van der Waals surface area contributed by atoms with Crippen molar-refractivity contribution in [1.29, 1.82) is 0 Å². The molecule has 6 nitrogen and oxygen atoms in total. The Balaban J connectivity index is 1.52. The second kappa shape index (κ2) is 7.45. The van der Waals surface area contributed by atoms with E-state index in [4.69, 9.17) is 4.42 Å². The van der Waals surface area contributed by atoms with Crippen molar-refractivity contribution >= 4 is 11.6 Å². The van der Waals surface area contributed by atoms with E-state index in [1.54, 1.807) is 11.9 Å². The van der Waals surface area contributed by atoms with E-state index in [0.717, 1.165) is 5.69 Å². The van der Waals surface area contributed by atoms with E-state index in [9.17, 15) is 18.0 Å². The van der Waals surface area contributed by atoms with Crippen LogP contribution >= 0.6 is 0 Å². The second-order valence-electron chi connectivity index (χ2n) is 6.28. The number of hydrogen-bond acceptors (Lipinski definition) is 5. The van der Waals surface area contributed by atoms with Crippen LogP contribution in [-0.2, 0) is 11.0 Å². The van der Waals surface area contributed by atoms with Crippen molar-refractivity contribution < 1.29 is 22.4 Å². The maximum Gasteiger partial charge on any atom is 0.470 e. The number of carbonyl (C=O) groups excluding carboxylic acids is 1. The van der Waals surface area contributed by atoms with Crippen molar-refractivity contribution in [3.63, 3.8) is 0 Å². The molecule has 0 unspecified atom stereocenters. The summed E-state index contributed by atoms with van der Waals surface area (Å²) in [6.07, 6.45) is -3.48. The summed E-state index contributed by atoms with van der Waals surface area (Å²) in [5, 5.41) is 6.60. The minimum Gasteiger partial charge on any atom is -0.417 e. The van der Waals surface area contributed by atoms with Crippen LogP contribution in [0.25, 0.3) is 0 Å². The monoisotopic (exact) mass is 368 g/mol. The Bertz CT molecular complexity index is 740. The molecule has 0 radical (unpaired) electrons. The van der Waals surface area contributed by atoms with Crippen LogP contribution in [0.15, 0.2) is 34.7 Å². The number of likely N-dealkylation sites (tertiary alicyclic amines) is 1. The van der Waals surface area contributed by atoms with Gasteiger partial charge in [-0.15, -0.1) is 10.2 Å². The number of amides is 1. The third-order valence-corrected chi connectivity index (χ3v) is 4.50. The zero-order valence-electron chi connectivity index (χ0n) is 14.2. The first-order valence-electron chi connectivity index (χ1n) is 8.29. The third kappa shape index (κ3) is 4.21. The van der Waals surface area contributed by atoms with Crippen LogP contribution in [0.5, 0.6) is 0 Å². The number of alkyl halides is 3. The average Bonchev–Trinajstić information content (AvgIpc) is 3.13. The van der Waals surface area contributed by atoms with Gasteiger partial charge in [0.05, 0.1) is 6.54 Å². The molecule has 140 valence electrons. The van der Waals surface area contributed by atoms with E-state index < -0.39 is 12.1 Å². The Labute approximate surface area is 148 Å². The summed E-state index contributed by atoms with van der Waals surface area (Å²) in [6.45, 7) is 1.43. The largest absolute Gasteiger partial charge is 0.470 e. The lowest BCUT2D eigenvalue weighted by molar-refractivity contribution is -0.157. The first kappa shape index (κ1) is 18.4. The molecular formula is C17H19F3N4O2. The van der Waals surface area contributed by atoms with Crippen molar-refractivity contribution in [3.05, 3.63) is 42.1 Å². The van der Waals surface area contributed by atoms with Crippen LogP contribution < -0.4 is 4.90 Å². The van der Waals surface area contributed by atoms with Gasteiger partial charge in [0, 0.05) is 18.7 Å². The number of benzene rings is 1. The molecule has 3 rings (SSSR count). The summed E-state index contributed by atoms with van der Waals surface area (Å²) in [5.74, 6) is -1.54. The van der Waals surface area contributed by atoms with Gasteiger partial charge < -0.3 is 9.32 Å². The van der Waals surface area contributed by atoms with Crippen LogP contribution in [0.4, 0.5) is 18.9 Å². The molecule has 0 spiro atoms. The average molecular weight is 368 g/mol. The van der Waals surface area contributed by atoms with E-state index in [1.807, 2.05) is 35.2 Å². The minimum atomic E-state index is -4.62. The van der Waals surface area contributed by atoms with Gasteiger partial charge in [0.1, 0.15) is 0 Å². The number of piperidine rings is 1. The van der Waals surface area contributed by atoms with E-state index in [1.165, 1.54) is 0 Å². The molecule has 1 saturated heterocycles. The zero-order chi connectivity index (χ0) is 18.7. The summed E-state index contributed by atoms with van der Waals surface area (Å²) in [5.41, 5.74) is 0.818. The molecule has 1 aliphatic rings. The summed E-state index contributed by atoms with van der Waals surface area (Å²) < 4.78 is 42.4. The smallest absolute Gasteiger partial charge is 0.417 e. The summed E-state index contributed by atoms with van der Waals surface area (Å²) in [4.78, 5) is 16.0. The molecule has 26 heavy (non-hydrogen) atoms. The fourth-order valence-electron chi connectivity index (χ4n) is 2.95. The lowest BCUT2D eigenvalue weighted by atomic mass is 9.97. The van der Waals surface area contributed by atoms with Gasteiger partial charge in [0.25, 0.3) is 0 Å². The number of nitrogens with zero attached hydrogens (tertiary/aromatic N) is 4. The SMILES string of the molecule is CN(C(=O)CN1CCC(c2nnc(C(F)(F)F)o2)CC1)c1ccccc1. The molecule has 1 aliphatic heterocycles. The van der Waals surface area contributed by atoms with Crippen LogP contribution in [0.2, 0.25) is 0 Å². The Kier molecular flexibility index (Phi) is 5.26. The molecule has 2 heterocycles. The molecule has 2 aromatic rings. The summed E-state index contributed by atoms with van der Waals surface area (Å²) in [7, 11) is 1.72. The van der Waals surface area contributed by atoms with Crippen molar-refractivity contribution in [3.8, 4) is 0 Å². The van der Waals surface area contributed by atoms with Gasteiger partial charge in [-0.3, -0.25) is 9.69 Å². The molecule has 1 amide bonds. The number of hydrogen-bond donors (Lipinski definition) is 0. The highest BCUT2D eigenvalue weighted by Gasteiger charge is 2.39. The number of aromatic nitrogens is 2. The van der Waals surface area contributed by atoms with Crippen molar-refractivity contribution in [1.82, 2.24) is 15.1 Å². The van der Waals surface area contributed by atoms with E-state index in [2.05, 4.69) is 10.2 Å². The van der Waals surface area contributed by atoms with Gasteiger partial charge >= 0.3 is 12.1 Å². The predicted molar refractivity (Wildman–Crippen MR) is 87.6 cm³/mol. The van der Waals surface area contributed by atoms with Crippen LogP contribution in [0.3, 0.4) is 0 Å². The molecule has 0 bridgehead atoms. The number of rotatable bonds is 4. The summed E-state index contributed by atoms with van der Waals surface area (Å²) >= 11 is 0. The number of halogens is 3. The Morgan fingerprint density at radius 1 is 1.23 bits per heavy atom. The number of likely N-dealkylation sites (N-methyl/N-ethyl adjacent to an activating group) is 1. The van der Waals surface area contributed by atoms with Gasteiger partial charge in [-0.2, -0.15) is 13.2 Å². The lowest BCUT2D eigenvalue weighted by Gasteiger charge is -2.31. The van der Waals surface area contributed by atoms with Gasteiger partial charge in [0.2, 0.25) is 11.8 Å². The second-order valence-corrected chi connectivity index (χ2v) is 6.28. The highest BCUT2D eigenvalue weighted by atomic mass is 19.4. The fourth-order valence-corrected chi connectivity index (χ4v) is 2.95. The zero-order valence-corrected chi connectivity index (χ0v) is 14.2. The molecule has 1 aromatic heterocycles. The Hall–Kier alpha value is -2.42. The molecule has 1 fully saturated rings. The Morgan fingerprint density at radius 3 is 2.46 bits per heavy atom. The van der Waals surface area contributed by atoms with Crippen LogP contribution in [0, 0.1) is 0 Å². The minimum absolute atomic E-state index is 0.0182. The number of anilines is 1.